The third-order valence-electron chi connectivity index (χ3n) is 3.38. The number of Topliss-reactive ketones (excluding diaryl/α,β-unsaturated/α-hetero) is 1. The second-order valence-electron chi connectivity index (χ2n) is 4.73. The molecule has 0 bridgehead atoms. The molecular formula is C15H13ClN2O2. The van der Waals surface area contributed by atoms with Crippen LogP contribution in [-0.4, -0.2) is 24.0 Å². The number of hydrogen-bond acceptors (Lipinski definition) is 4. The minimum Gasteiger partial charge on any atom is -0.461 e. The number of para-hydroxylation sites is 1. The minimum atomic E-state index is -0.662. The quantitative estimate of drug-likeness (QED) is 0.629. The summed E-state index contributed by atoms with van der Waals surface area (Å²) in [7, 11) is 1.85. The van der Waals surface area contributed by atoms with Crippen molar-refractivity contribution < 1.29 is 9.53 Å². The zero-order valence-electron chi connectivity index (χ0n) is 11.1. The average Bonchev–Trinajstić information content (AvgIpc) is 2.76. The summed E-state index contributed by atoms with van der Waals surface area (Å²) in [5, 5.41) is 0.296. The van der Waals surface area contributed by atoms with Gasteiger partial charge in [-0.1, -0.05) is 23.7 Å². The number of aromatic nitrogens is 1. The maximum absolute atomic E-state index is 12.5. The van der Waals surface area contributed by atoms with E-state index in [4.69, 9.17) is 16.3 Å². The van der Waals surface area contributed by atoms with E-state index in [1.165, 1.54) is 6.20 Å². The van der Waals surface area contributed by atoms with Crippen molar-refractivity contribution in [3.63, 3.8) is 0 Å². The third kappa shape index (κ3) is 2.02. The molecule has 0 spiro atoms. The highest BCUT2D eigenvalue weighted by Crippen LogP contribution is 2.39. The van der Waals surface area contributed by atoms with Gasteiger partial charge in [0.05, 0.1) is 5.69 Å². The number of carbonyl (C=O) groups excluding carboxylic acids is 1. The Balaban J connectivity index is 1.94. The molecule has 1 aromatic heterocycles. The molecule has 1 aliphatic rings. The summed E-state index contributed by atoms with van der Waals surface area (Å²) in [5.41, 5.74) is 2.52. The van der Waals surface area contributed by atoms with Gasteiger partial charge >= 0.3 is 0 Å². The van der Waals surface area contributed by atoms with Crippen molar-refractivity contribution in [3.8, 4) is 5.75 Å². The van der Waals surface area contributed by atoms with E-state index in [-0.39, 0.29) is 5.78 Å². The van der Waals surface area contributed by atoms with Gasteiger partial charge in [0.2, 0.25) is 12.0 Å². The Labute approximate surface area is 122 Å². The molecule has 1 aromatic carbocycles. The SMILES string of the molecule is Cc1cccc2c1N(C)C(C(=O)c1ccnc(Cl)c1)O2. The first kappa shape index (κ1) is 12.9. The standard InChI is InChI=1S/C15H13ClN2O2/c1-9-4-3-5-11-13(9)18(2)15(20-11)14(19)10-6-7-17-12(16)8-10/h3-8,15H,1-2H3. The van der Waals surface area contributed by atoms with Crippen LogP contribution < -0.4 is 9.64 Å². The second kappa shape index (κ2) is 4.80. The maximum atomic E-state index is 12.5. The van der Waals surface area contributed by atoms with E-state index in [1.54, 1.807) is 12.1 Å². The molecule has 1 unspecified atom stereocenters. The van der Waals surface area contributed by atoms with Gasteiger partial charge in [0.25, 0.3) is 0 Å². The van der Waals surface area contributed by atoms with Crippen molar-refractivity contribution in [3.05, 3.63) is 52.8 Å². The van der Waals surface area contributed by atoms with Gasteiger partial charge in [-0.25, -0.2) is 4.98 Å². The number of aryl methyl sites for hydroxylation is 1. The summed E-state index contributed by atoms with van der Waals surface area (Å²) in [4.78, 5) is 18.3. The number of benzene rings is 1. The van der Waals surface area contributed by atoms with Crippen LogP contribution >= 0.6 is 11.6 Å². The lowest BCUT2D eigenvalue weighted by atomic mass is 10.1. The van der Waals surface area contributed by atoms with Crippen LogP contribution in [0.25, 0.3) is 0 Å². The van der Waals surface area contributed by atoms with Crippen LogP contribution in [0.15, 0.2) is 36.5 Å². The predicted molar refractivity (Wildman–Crippen MR) is 77.6 cm³/mol. The van der Waals surface area contributed by atoms with E-state index in [9.17, 15) is 4.79 Å². The normalized spacial score (nSPS) is 16.8. The van der Waals surface area contributed by atoms with Crippen molar-refractivity contribution in [1.82, 2.24) is 4.98 Å². The van der Waals surface area contributed by atoms with Crippen molar-refractivity contribution in [2.75, 3.05) is 11.9 Å². The molecule has 2 heterocycles. The van der Waals surface area contributed by atoms with Crippen molar-refractivity contribution in [2.45, 2.75) is 13.2 Å². The third-order valence-corrected chi connectivity index (χ3v) is 3.59. The number of anilines is 1. The fourth-order valence-corrected chi connectivity index (χ4v) is 2.60. The number of carbonyl (C=O) groups is 1. The van der Waals surface area contributed by atoms with E-state index in [0.717, 1.165) is 17.0 Å². The molecule has 0 N–H and O–H groups in total. The number of likely N-dealkylation sites (N-methyl/N-ethyl adjacent to an activating group) is 1. The largest absolute Gasteiger partial charge is 0.461 e. The lowest BCUT2D eigenvalue weighted by Gasteiger charge is -2.20. The van der Waals surface area contributed by atoms with E-state index in [1.807, 2.05) is 37.1 Å². The number of pyridine rings is 1. The fourth-order valence-electron chi connectivity index (χ4n) is 2.42. The summed E-state index contributed by atoms with van der Waals surface area (Å²) in [6, 6.07) is 8.97. The molecule has 1 atom stereocenters. The van der Waals surface area contributed by atoms with Gasteiger partial charge in [-0.2, -0.15) is 0 Å². The molecule has 0 radical (unpaired) electrons. The lowest BCUT2D eigenvalue weighted by Crippen LogP contribution is -2.38. The summed E-state index contributed by atoms with van der Waals surface area (Å²) in [5.74, 6) is 0.596. The van der Waals surface area contributed by atoms with Crippen molar-refractivity contribution in [1.29, 1.82) is 0 Å². The van der Waals surface area contributed by atoms with Gasteiger partial charge in [0.1, 0.15) is 10.9 Å². The number of ether oxygens (including phenoxy) is 1. The van der Waals surface area contributed by atoms with Crippen molar-refractivity contribution in [2.24, 2.45) is 0 Å². The number of fused-ring (bicyclic) bond motifs is 1. The highest BCUT2D eigenvalue weighted by atomic mass is 35.5. The smallest absolute Gasteiger partial charge is 0.236 e. The van der Waals surface area contributed by atoms with Gasteiger partial charge in [-0.05, 0) is 30.7 Å². The topological polar surface area (TPSA) is 42.4 Å². The Morgan fingerprint density at radius 2 is 2.20 bits per heavy atom. The summed E-state index contributed by atoms with van der Waals surface area (Å²) < 4.78 is 5.77. The molecular weight excluding hydrogens is 276 g/mol. The van der Waals surface area contributed by atoms with Gasteiger partial charge < -0.3 is 9.64 Å². The fraction of sp³-hybridized carbons (Fsp3) is 0.200. The predicted octanol–water partition coefficient (Wildman–Crippen LogP) is 3.08. The maximum Gasteiger partial charge on any atom is 0.236 e. The van der Waals surface area contributed by atoms with Crippen LogP contribution in [0.3, 0.4) is 0 Å². The Hall–Kier alpha value is -2.07. The summed E-state index contributed by atoms with van der Waals surface area (Å²) in [6.45, 7) is 1.99. The highest BCUT2D eigenvalue weighted by Gasteiger charge is 2.35. The molecule has 3 rings (SSSR count). The zero-order chi connectivity index (χ0) is 14.3. The molecule has 2 aromatic rings. The number of halogens is 1. The summed E-state index contributed by atoms with van der Waals surface area (Å²) in [6.07, 6.45) is 0.854. The molecule has 20 heavy (non-hydrogen) atoms. The Kier molecular flexibility index (Phi) is 3.10. The summed E-state index contributed by atoms with van der Waals surface area (Å²) >= 11 is 5.83. The first-order valence-electron chi connectivity index (χ1n) is 6.23. The Morgan fingerprint density at radius 1 is 1.40 bits per heavy atom. The van der Waals surface area contributed by atoms with E-state index in [0.29, 0.717) is 10.7 Å². The van der Waals surface area contributed by atoms with E-state index >= 15 is 0 Å². The number of nitrogens with zero attached hydrogens (tertiary/aromatic N) is 2. The highest BCUT2D eigenvalue weighted by molar-refractivity contribution is 6.29. The molecule has 5 heteroatoms. The van der Waals surface area contributed by atoms with Gasteiger partial charge in [0.15, 0.2) is 0 Å². The molecule has 1 aliphatic heterocycles. The molecule has 0 fully saturated rings. The molecule has 0 aliphatic carbocycles. The van der Waals surface area contributed by atoms with Crippen LogP contribution in [0, 0.1) is 6.92 Å². The van der Waals surface area contributed by atoms with Crippen LogP contribution in [0.4, 0.5) is 5.69 Å². The molecule has 0 saturated carbocycles. The number of ketones is 1. The van der Waals surface area contributed by atoms with Gasteiger partial charge in [-0.3, -0.25) is 4.79 Å². The van der Waals surface area contributed by atoms with Crippen LogP contribution in [0.1, 0.15) is 15.9 Å². The van der Waals surface area contributed by atoms with Crippen LogP contribution in [0.5, 0.6) is 5.75 Å². The Bertz CT molecular complexity index is 687. The van der Waals surface area contributed by atoms with Crippen LogP contribution in [0.2, 0.25) is 5.15 Å². The number of hydrogen-bond donors (Lipinski definition) is 0. The lowest BCUT2D eigenvalue weighted by molar-refractivity contribution is 0.0822. The zero-order valence-corrected chi connectivity index (χ0v) is 11.9. The monoisotopic (exact) mass is 288 g/mol. The molecule has 4 nitrogen and oxygen atoms in total. The van der Waals surface area contributed by atoms with E-state index in [2.05, 4.69) is 4.98 Å². The average molecular weight is 289 g/mol. The van der Waals surface area contributed by atoms with Crippen LogP contribution in [-0.2, 0) is 0 Å². The molecule has 0 amide bonds. The van der Waals surface area contributed by atoms with Crippen molar-refractivity contribution >= 4 is 23.1 Å². The van der Waals surface area contributed by atoms with Gasteiger partial charge in [0, 0.05) is 18.8 Å². The first-order chi connectivity index (χ1) is 9.58. The molecule has 102 valence electrons. The molecule has 0 saturated heterocycles. The van der Waals surface area contributed by atoms with E-state index < -0.39 is 6.23 Å². The first-order valence-corrected chi connectivity index (χ1v) is 6.60. The number of rotatable bonds is 2. The Morgan fingerprint density at radius 3 is 2.90 bits per heavy atom. The minimum absolute atomic E-state index is 0.132. The van der Waals surface area contributed by atoms with Gasteiger partial charge in [-0.15, -0.1) is 0 Å². The second-order valence-corrected chi connectivity index (χ2v) is 5.12.